The normalized spacial score (nSPS) is 35.2. The van der Waals surface area contributed by atoms with Crippen LogP contribution in [0.2, 0.25) is 0 Å². The van der Waals surface area contributed by atoms with Crippen molar-refractivity contribution in [2.75, 3.05) is 0 Å². The molecule has 0 aliphatic carbocycles. The van der Waals surface area contributed by atoms with E-state index in [1.807, 2.05) is 11.0 Å². The first-order valence-electron chi connectivity index (χ1n) is 1.57. The predicted molar refractivity (Wildman–Crippen MR) is 35.6 cm³/mol. The zero-order valence-corrected chi connectivity index (χ0v) is 4.86. The van der Waals surface area contributed by atoms with Gasteiger partial charge in [0.2, 0.25) is 0 Å². The largest absolute Gasteiger partial charge is 0.258 e. The first-order valence-corrected chi connectivity index (χ1v) is 4.20. The lowest BCUT2D eigenvalue weighted by Gasteiger charge is -1.88. The van der Waals surface area contributed by atoms with Crippen molar-refractivity contribution in [3.05, 3.63) is 11.6 Å². The van der Waals surface area contributed by atoms with Gasteiger partial charge >= 0.3 is 0 Å². The van der Waals surface area contributed by atoms with Crippen molar-refractivity contribution in [2.24, 2.45) is 4.99 Å². The Hall–Kier alpha value is 0.110. The van der Waals surface area contributed by atoms with Gasteiger partial charge in [0.15, 0.2) is 0 Å². The van der Waals surface area contributed by atoms with Gasteiger partial charge in [-0.15, -0.1) is 21.6 Å². The maximum atomic E-state index is 4.12. The number of hydrogen-bond acceptors (Lipinski definition) is 2. The summed E-state index contributed by atoms with van der Waals surface area (Å²) in [4.78, 5) is 3.81. The number of hydrogen-bond donors (Lipinski definition) is 2. The molecule has 0 saturated heterocycles. The molecule has 0 aromatic heterocycles. The van der Waals surface area contributed by atoms with Crippen LogP contribution in [0.5, 0.6) is 0 Å². The third-order valence-corrected chi connectivity index (χ3v) is 2.01. The van der Waals surface area contributed by atoms with E-state index in [-0.39, 0.29) is 9.93 Å². The molecule has 0 spiro atoms. The van der Waals surface area contributed by atoms with Crippen LogP contribution in [0, 0.1) is 0 Å². The molecule has 0 N–H and O–H groups in total. The number of nitrogens with zero attached hydrogens (tertiary/aromatic N) is 1. The molecule has 0 aromatic rings. The molecular formula is C3H5NS2. The fraction of sp³-hybridized carbons (Fsp3) is 0. The van der Waals surface area contributed by atoms with E-state index in [2.05, 4.69) is 16.7 Å². The summed E-state index contributed by atoms with van der Waals surface area (Å²) in [5, 5.41) is 1.98. The summed E-state index contributed by atoms with van der Waals surface area (Å²) in [7, 11) is -0.243. The number of rotatable bonds is 0. The van der Waals surface area contributed by atoms with E-state index < -0.39 is 0 Å². The van der Waals surface area contributed by atoms with Gasteiger partial charge in [0, 0.05) is 6.20 Å². The van der Waals surface area contributed by atoms with Gasteiger partial charge in [-0.25, -0.2) is 0 Å². The highest BCUT2D eigenvalue weighted by molar-refractivity contribution is 8.85. The molecule has 0 fully saturated rings. The van der Waals surface area contributed by atoms with Crippen LogP contribution in [-0.2, 0) is 0 Å². The molecule has 1 aliphatic heterocycles. The molecule has 0 saturated carbocycles. The maximum absolute atomic E-state index is 4.12. The fourth-order valence-corrected chi connectivity index (χ4v) is 1.11. The van der Waals surface area contributed by atoms with Gasteiger partial charge in [-0.3, -0.25) is 4.99 Å². The minimum atomic E-state index is -0.243. The zero-order valence-electron chi connectivity index (χ0n) is 3.07. The Morgan fingerprint density at radius 2 is 2.50 bits per heavy atom. The lowest BCUT2D eigenvalue weighted by Crippen LogP contribution is -1.50. The second kappa shape index (κ2) is 1.71. The molecule has 1 atom stereocenters. The van der Waals surface area contributed by atoms with Crippen molar-refractivity contribution in [3.63, 3.8) is 0 Å². The highest BCUT2D eigenvalue weighted by atomic mass is 33.1. The number of thiol groups is 2. The average Bonchev–Trinajstić information content (AvgIpc) is 1.86. The van der Waals surface area contributed by atoms with Gasteiger partial charge in [0.25, 0.3) is 0 Å². The Balaban J connectivity index is 2.60. The maximum Gasteiger partial charge on any atom is 0.0522 e. The Labute approximate surface area is 44.3 Å². The standard InChI is InChI=1S/C3H5NS2/c5-6-2-1-4-3-6/h1-3,5-6H. The molecule has 0 aromatic carbocycles. The minimum Gasteiger partial charge on any atom is -0.258 e. The quantitative estimate of drug-likeness (QED) is 0.353. The Bertz CT molecular complexity index is 85.0. The molecule has 1 rings (SSSR count). The van der Waals surface area contributed by atoms with Gasteiger partial charge < -0.3 is 0 Å². The first kappa shape index (κ1) is 4.27. The lowest BCUT2D eigenvalue weighted by molar-refractivity contribution is 1.65. The van der Waals surface area contributed by atoms with Crippen LogP contribution in [-0.4, -0.2) is 5.55 Å². The van der Waals surface area contributed by atoms with E-state index in [0.717, 1.165) is 0 Å². The molecule has 0 radical (unpaired) electrons. The average molecular weight is 119 g/mol. The molecule has 0 bridgehead atoms. The number of aliphatic imine (C=N–C) groups is 1. The van der Waals surface area contributed by atoms with Gasteiger partial charge in [0.1, 0.15) is 0 Å². The molecule has 1 nitrogen and oxygen atoms in total. The summed E-state index contributed by atoms with van der Waals surface area (Å²) in [5.41, 5.74) is 1.85. The molecule has 1 aliphatic rings. The zero-order chi connectivity index (χ0) is 4.41. The van der Waals surface area contributed by atoms with Crippen LogP contribution in [0.1, 0.15) is 0 Å². The summed E-state index contributed by atoms with van der Waals surface area (Å²) < 4.78 is 0. The predicted octanol–water partition coefficient (Wildman–Crippen LogP) is 1.35. The van der Waals surface area contributed by atoms with E-state index in [9.17, 15) is 0 Å². The molecule has 1 heterocycles. The van der Waals surface area contributed by atoms with Crippen molar-refractivity contribution in [3.8, 4) is 0 Å². The summed E-state index contributed by atoms with van der Waals surface area (Å²) in [6.07, 6.45) is 1.78. The van der Waals surface area contributed by atoms with Gasteiger partial charge in [0.05, 0.1) is 5.55 Å². The smallest absolute Gasteiger partial charge is 0.0522 e. The molecule has 34 valence electrons. The van der Waals surface area contributed by atoms with Crippen LogP contribution in [0.3, 0.4) is 0 Å². The monoisotopic (exact) mass is 119 g/mol. The van der Waals surface area contributed by atoms with Crippen molar-refractivity contribution in [1.82, 2.24) is 0 Å². The van der Waals surface area contributed by atoms with Crippen molar-refractivity contribution in [1.29, 1.82) is 0 Å². The SMILES string of the molecule is S[SH]1C=CN=C1. The van der Waals surface area contributed by atoms with Crippen LogP contribution >= 0.6 is 21.6 Å². The third kappa shape index (κ3) is 0.786. The summed E-state index contributed by atoms with van der Waals surface area (Å²) >= 11 is 4.12. The van der Waals surface area contributed by atoms with Crippen LogP contribution in [0.15, 0.2) is 16.6 Å². The highest BCUT2D eigenvalue weighted by Gasteiger charge is 1.86. The van der Waals surface area contributed by atoms with E-state index in [4.69, 9.17) is 0 Å². The van der Waals surface area contributed by atoms with Crippen molar-refractivity contribution < 1.29 is 0 Å². The summed E-state index contributed by atoms with van der Waals surface area (Å²) in [5.74, 6) is 0. The molecular weight excluding hydrogens is 114 g/mol. The topological polar surface area (TPSA) is 12.4 Å². The van der Waals surface area contributed by atoms with Crippen molar-refractivity contribution in [2.45, 2.75) is 0 Å². The molecule has 3 heteroatoms. The first-order chi connectivity index (χ1) is 2.89. The minimum absolute atomic E-state index is 0.243. The molecule has 6 heavy (non-hydrogen) atoms. The second-order valence-electron chi connectivity index (χ2n) is 0.943. The van der Waals surface area contributed by atoms with Crippen molar-refractivity contribution >= 4 is 27.1 Å². The molecule has 0 amide bonds. The summed E-state index contributed by atoms with van der Waals surface area (Å²) in [6, 6.07) is 0. The lowest BCUT2D eigenvalue weighted by atomic mass is 11.1. The van der Waals surface area contributed by atoms with E-state index in [1.165, 1.54) is 0 Å². The fourth-order valence-electron chi connectivity index (χ4n) is 0.252. The molecule has 1 unspecified atom stereocenters. The van der Waals surface area contributed by atoms with Gasteiger partial charge in [-0.05, 0) is 5.41 Å². The Morgan fingerprint density at radius 3 is 2.67 bits per heavy atom. The highest BCUT2D eigenvalue weighted by Crippen LogP contribution is 2.31. The summed E-state index contributed by atoms with van der Waals surface area (Å²) in [6.45, 7) is 0. The van der Waals surface area contributed by atoms with E-state index in [0.29, 0.717) is 0 Å². The second-order valence-corrected chi connectivity index (χ2v) is 3.62. The van der Waals surface area contributed by atoms with Crippen LogP contribution < -0.4 is 0 Å². The van der Waals surface area contributed by atoms with Crippen LogP contribution in [0.25, 0.3) is 0 Å². The van der Waals surface area contributed by atoms with E-state index >= 15 is 0 Å². The van der Waals surface area contributed by atoms with E-state index in [1.54, 1.807) is 6.20 Å². The van der Waals surface area contributed by atoms with Gasteiger partial charge in [-0.2, -0.15) is 0 Å². The van der Waals surface area contributed by atoms with Crippen LogP contribution in [0.4, 0.5) is 0 Å². The van der Waals surface area contributed by atoms with Gasteiger partial charge in [-0.1, -0.05) is 0 Å². The Morgan fingerprint density at radius 1 is 1.67 bits per heavy atom. The Kier molecular flexibility index (Phi) is 1.22. The third-order valence-electron chi connectivity index (χ3n) is 0.490.